The number of ether oxygens (including phenoxy) is 1. The first-order chi connectivity index (χ1) is 19.7. The van der Waals surface area contributed by atoms with Crippen molar-refractivity contribution in [2.45, 2.75) is 51.9 Å². The van der Waals surface area contributed by atoms with Crippen LogP contribution in [0.5, 0.6) is 5.75 Å². The lowest BCUT2D eigenvalue weighted by atomic mass is 10.0. The Morgan fingerprint density at radius 3 is 2.57 bits per heavy atom. The van der Waals surface area contributed by atoms with Crippen LogP contribution in [0.2, 0.25) is 0 Å². The van der Waals surface area contributed by atoms with E-state index in [9.17, 15) is 27.9 Å². The average Bonchev–Trinajstić information content (AvgIpc) is 3.10. The Balaban J connectivity index is 1.53. The van der Waals surface area contributed by atoms with E-state index in [4.69, 9.17) is 22.2 Å². The van der Waals surface area contributed by atoms with Gasteiger partial charge in [-0.15, -0.1) is 0 Å². The van der Waals surface area contributed by atoms with E-state index in [1.54, 1.807) is 30.9 Å². The molecule has 42 heavy (non-hydrogen) atoms. The number of carbonyl (C=O) groups excluding carboxylic acids is 1. The van der Waals surface area contributed by atoms with Gasteiger partial charge < -0.3 is 19.6 Å². The molecule has 0 spiro atoms. The number of halogens is 3. The van der Waals surface area contributed by atoms with Gasteiger partial charge in [-0.2, -0.15) is 18.4 Å². The lowest BCUT2D eigenvalue weighted by Gasteiger charge is -2.38. The van der Waals surface area contributed by atoms with E-state index in [1.807, 2.05) is 19.9 Å². The summed E-state index contributed by atoms with van der Waals surface area (Å²) in [6, 6.07) is 7.39. The number of thiocarbonyl (C=S) groups is 1. The van der Waals surface area contributed by atoms with Gasteiger partial charge in [-0.25, -0.2) is 9.78 Å². The van der Waals surface area contributed by atoms with Gasteiger partial charge in [0.05, 0.1) is 17.4 Å². The SMILES string of the molecule is CCc1cc(N2C(=S)N(c3cnc(C#N)c(C(F)(F)F)c3)C(=O)C2(C)C)ccc1OCCN1CCN(C(=O)O)C(C)C1. The zero-order valence-electron chi connectivity index (χ0n) is 23.6. The molecule has 2 aromatic rings. The van der Waals surface area contributed by atoms with Crippen LogP contribution in [-0.4, -0.2) is 81.4 Å². The van der Waals surface area contributed by atoms with Crippen molar-refractivity contribution in [1.82, 2.24) is 14.8 Å². The fourth-order valence-electron chi connectivity index (χ4n) is 5.26. The van der Waals surface area contributed by atoms with E-state index in [2.05, 4.69) is 9.88 Å². The van der Waals surface area contributed by atoms with Gasteiger partial charge in [-0.05, 0) is 69.2 Å². The van der Waals surface area contributed by atoms with Gasteiger partial charge >= 0.3 is 12.3 Å². The van der Waals surface area contributed by atoms with Crippen LogP contribution in [0.15, 0.2) is 30.5 Å². The van der Waals surface area contributed by atoms with Gasteiger partial charge in [0.2, 0.25) is 0 Å². The third-order valence-corrected chi connectivity index (χ3v) is 7.88. The van der Waals surface area contributed by atoms with Gasteiger partial charge in [0.25, 0.3) is 5.91 Å². The topological polar surface area (TPSA) is 113 Å². The quantitative estimate of drug-likeness (QED) is 0.456. The van der Waals surface area contributed by atoms with E-state index >= 15 is 0 Å². The Hall–Kier alpha value is -3.96. The summed E-state index contributed by atoms with van der Waals surface area (Å²) in [5.74, 6) is 0.110. The molecule has 2 aliphatic heterocycles. The highest BCUT2D eigenvalue weighted by Gasteiger charge is 2.51. The van der Waals surface area contributed by atoms with Crippen LogP contribution in [-0.2, 0) is 17.4 Å². The Bertz CT molecular complexity index is 1440. The second-order valence-electron chi connectivity index (χ2n) is 10.6. The van der Waals surface area contributed by atoms with E-state index < -0.39 is 35.0 Å². The summed E-state index contributed by atoms with van der Waals surface area (Å²) in [6.07, 6.45) is -4.13. The monoisotopic (exact) mass is 604 g/mol. The Kier molecular flexibility index (Phi) is 8.65. The largest absolute Gasteiger partial charge is 0.492 e. The van der Waals surface area contributed by atoms with Crippen molar-refractivity contribution in [1.29, 1.82) is 5.26 Å². The fraction of sp³-hybridized carbons (Fsp3) is 0.464. The highest BCUT2D eigenvalue weighted by molar-refractivity contribution is 7.81. The van der Waals surface area contributed by atoms with Crippen LogP contribution in [0, 0.1) is 11.3 Å². The minimum absolute atomic E-state index is 0.0185. The summed E-state index contributed by atoms with van der Waals surface area (Å²) in [6.45, 7) is 9.75. The predicted molar refractivity (Wildman–Crippen MR) is 153 cm³/mol. The minimum Gasteiger partial charge on any atom is -0.492 e. The van der Waals surface area contributed by atoms with Crippen LogP contribution in [0.3, 0.4) is 0 Å². The lowest BCUT2D eigenvalue weighted by molar-refractivity contribution is -0.138. The number of aryl methyl sites for hydroxylation is 1. The first-order valence-electron chi connectivity index (χ1n) is 13.3. The first kappa shape index (κ1) is 31.0. The maximum atomic E-state index is 13.6. The third kappa shape index (κ3) is 5.84. The maximum absolute atomic E-state index is 13.6. The van der Waals surface area contributed by atoms with Crippen molar-refractivity contribution in [3.63, 3.8) is 0 Å². The number of benzene rings is 1. The Morgan fingerprint density at radius 2 is 1.98 bits per heavy atom. The number of pyridine rings is 1. The van der Waals surface area contributed by atoms with Crippen molar-refractivity contribution < 1.29 is 32.6 Å². The number of alkyl halides is 3. The molecule has 0 aliphatic carbocycles. The summed E-state index contributed by atoms with van der Waals surface area (Å²) in [4.78, 5) is 34.6. The van der Waals surface area contributed by atoms with E-state index in [-0.39, 0.29) is 16.8 Å². The third-order valence-electron chi connectivity index (χ3n) is 7.52. The smallest absolute Gasteiger partial charge is 0.419 e. The Morgan fingerprint density at radius 1 is 1.26 bits per heavy atom. The number of nitriles is 1. The average molecular weight is 605 g/mol. The van der Waals surface area contributed by atoms with Gasteiger partial charge in [0.15, 0.2) is 10.8 Å². The zero-order valence-corrected chi connectivity index (χ0v) is 24.4. The molecule has 1 N–H and O–H groups in total. The predicted octanol–water partition coefficient (Wildman–Crippen LogP) is 4.51. The summed E-state index contributed by atoms with van der Waals surface area (Å²) in [7, 11) is 0. The van der Waals surface area contributed by atoms with E-state index in [1.165, 1.54) is 11.0 Å². The van der Waals surface area contributed by atoms with Crippen molar-refractivity contribution in [3.8, 4) is 11.8 Å². The van der Waals surface area contributed by atoms with Crippen molar-refractivity contribution in [3.05, 3.63) is 47.3 Å². The second-order valence-corrected chi connectivity index (χ2v) is 11.0. The summed E-state index contributed by atoms with van der Waals surface area (Å²) < 4.78 is 46.8. The minimum atomic E-state index is -4.84. The van der Waals surface area contributed by atoms with Crippen molar-refractivity contribution >= 4 is 40.7 Å². The molecule has 2 aliphatic rings. The highest BCUT2D eigenvalue weighted by Crippen LogP contribution is 2.40. The molecule has 0 radical (unpaired) electrons. The van der Waals surface area contributed by atoms with E-state index in [0.29, 0.717) is 56.7 Å². The molecular formula is C28H31F3N6O4S. The Labute approximate surface area is 246 Å². The number of rotatable bonds is 7. The van der Waals surface area contributed by atoms with Crippen molar-refractivity contribution in [2.75, 3.05) is 42.6 Å². The first-order valence-corrected chi connectivity index (χ1v) is 13.7. The summed E-state index contributed by atoms with van der Waals surface area (Å²) >= 11 is 5.62. The van der Waals surface area contributed by atoms with Gasteiger partial charge in [-0.1, -0.05) is 6.92 Å². The molecule has 0 saturated carbocycles. The number of carboxylic acid groups (broad SMARTS) is 1. The molecule has 2 amide bonds. The standard InChI is InChI=1S/C28H31F3N6O4S/c1-5-18-12-19(6-7-23(18)41-11-10-34-8-9-35(26(39)40)17(2)16-34)37-25(42)36(24(38)27(37,3)4)20-13-21(28(29,30)31)22(14-32)33-15-20/h6-7,12-13,15,17H,5,8-11,16H2,1-4H3,(H,39,40). The molecule has 0 bridgehead atoms. The van der Waals surface area contributed by atoms with Gasteiger partial charge in [0, 0.05) is 37.9 Å². The van der Waals surface area contributed by atoms with Crippen LogP contribution in [0.25, 0.3) is 0 Å². The van der Waals surface area contributed by atoms with Crippen LogP contribution in [0.1, 0.15) is 44.5 Å². The lowest BCUT2D eigenvalue weighted by Crippen LogP contribution is -2.54. The number of carbonyl (C=O) groups is 2. The van der Waals surface area contributed by atoms with Crippen LogP contribution >= 0.6 is 12.2 Å². The molecular weight excluding hydrogens is 573 g/mol. The summed E-state index contributed by atoms with van der Waals surface area (Å²) in [5, 5.41) is 18.3. The van der Waals surface area contributed by atoms with Crippen LogP contribution in [0.4, 0.5) is 29.3 Å². The van der Waals surface area contributed by atoms with Gasteiger partial charge in [0.1, 0.15) is 24.0 Å². The molecule has 1 unspecified atom stereocenters. The molecule has 3 heterocycles. The number of hydrogen-bond acceptors (Lipinski definition) is 7. The second kappa shape index (κ2) is 11.7. The van der Waals surface area contributed by atoms with Crippen molar-refractivity contribution in [2.24, 2.45) is 0 Å². The van der Waals surface area contributed by atoms with E-state index in [0.717, 1.165) is 16.7 Å². The van der Waals surface area contributed by atoms with Crippen LogP contribution < -0.4 is 14.5 Å². The molecule has 10 nitrogen and oxygen atoms in total. The number of nitrogens with zero attached hydrogens (tertiary/aromatic N) is 6. The number of piperazine rings is 1. The molecule has 1 aromatic heterocycles. The van der Waals surface area contributed by atoms with Gasteiger partial charge in [-0.3, -0.25) is 14.6 Å². The molecule has 224 valence electrons. The summed E-state index contributed by atoms with van der Waals surface area (Å²) in [5.41, 5.74) is -2.03. The number of aromatic nitrogens is 1. The maximum Gasteiger partial charge on any atom is 0.419 e. The number of amides is 2. The normalized spacial score (nSPS) is 19.3. The molecule has 1 atom stereocenters. The number of hydrogen-bond donors (Lipinski definition) is 1. The number of anilines is 2. The highest BCUT2D eigenvalue weighted by atomic mass is 32.1. The molecule has 1 aromatic carbocycles. The molecule has 4 rings (SSSR count). The molecule has 14 heteroatoms. The zero-order chi connectivity index (χ0) is 31.0. The molecule has 2 fully saturated rings. The molecule has 2 saturated heterocycles. The fourth-order valence-corrected chi connectivity index (χ4v) is 5.79.